The minimum Gasteiger partial charge on any atom is -0.507 e. The Hall–Kier alpha value is -3.02. The molecule has 0 fully saturated rings. The number of Topliss-reactive ketones (excluding diaryl/α,β-unsaturated/α-hetero) is 2. The third kappa shape index (κ3) is 3.67. The van der Waals surface area contributed by atoms with Gasteiger partial charge in [0, 0.05) is 24.0 Å². The highest BCUT2D eigenvalue weighted by Gasteiger charge is 2.24. The highest BCUT2D eigenvalue weighted by atomic mass is 16.5. The van der Waals surface area contributed by atoms with Gasteiger partial charge in [-0.25, -0.2) is 0 Å². The summed E-state index contributed by atoms with van der Waals surface area (Å²) in [6, 6.07) is 6.81. The van der Waals surface area contributed by atoms with E-state index in [-0.39, 0.29) is 24.4 Å². The summed E-state index contributed by atoms with van der Waals surface area (Å²) < 4.78 is 16.7. The van der Waals surface area contributed by atoms with Crippen molar-refractivity contribution >= 4 is 11.6 Å². The number of ether oxygens (including phenoxy) is 3. The second-order valence-electron chi connectivity index (χ2n) is 6.76. The Morgan fingerprint density at radius 1 is 0.786 bits per heavy atom. The van der Waals surface area contributed by atoms with Crippen LogP contribution in [0.15, 0.2) is 24.3 Å². The van der Waals surface area contributed by atoms with Gasteiger partial charge in [0.05, 0.1) is 21.3 Å². The largest absolute Gasteiger partial charge is 0.507 e. The number of methoxy groups -OCH3 is 3. The third-order valence-corrected chi connectivity index (χ3v) is 5.01. The zero-order chi connectivity index (χ0) is 20.3. The van der Waals surface area contributed by atoms with E-state index in [9.17, 15) is 14.7 Å². The van der Waals surface area contributed by atoms with Crippen LogP contribution in [0.25, 0.3) is 11.1 Å². The van der Waals surface area contributed by atoms with Crippen molar-refractivity contribution in [2.45, 2.75) is 32.1 Å². The van der Waals surface area contributed by atoms with Gasteiger partial charge < -0.3 is 19.3 Å². The van der Waals surface area contributed by atoms with Crippen molar-refractivity contribution < 1.29 is 28.9 Å². The van der Waals surface area contributed by atoms with Crippen LogP contribution in [0.1, 0.15) is 30.4 Å². The lowest BCUT2D eigenvalue weighted by Crippen LogP contribution is -2.16. The molecule has 0 amide bonds. The van der Waals surface area contributed by atoms with E-state index in [0.717, 1.165) is 5.56 Å². The van der Waals surface area contributed by atoms with Gasteiger partial charge in [-0.2, -0.15) is 0 Å². The Labute approximate surface area is 164 Å². The molecule has 0 saturated carbocycles. The van der Waals surface area contributed by atoms with Crippen LogP contribution in [-0.4, -0.2) is 38.0 Å². The summed E-state index contributed by atoms with van der Waals surface area (Å²) >= 11 is 0. The third-order valence-electron chi connectivity index (χ3n) is 5.01. The van der Waals surface area contributed by atoms with Gasteiger partial charge in [-0.1, -0.05) is 6.07 Å². The second kappa shape index (κ2) is 8.33. The maximum Gasteiger partial charge on any atom is 0.204 e. The fourth-order valence-corrected chi connectivity index (χ4v) is 3.61. The molecule has 0 spiro atoms. The van der Waals surface area contributed by atoms with Gasteiger partial charge in [-0.15, -0.1) is 0 Å². The standard InChI is InChI=1S/C22H24O6/c1-26-20-14-6-4-5-7-18(24)19(25)11-13-8-9-17(23)15(10-13)16(12-14)21(27-2)22(20)28-3/h8-10,12,23H,4-7,11H2,1-3H3. The Morgan fingerprint density at radius 3 is 2.14 bits per heavy atom. The second-order valence-corrected chi connectivity index (χ2v) is 6.76. The van der Waals surface area contributed by atoms with Crippen molar-refractivity contribution in [2.24, 2.45) is 0 Å². The van der Waals surface area contributed by atoms with Gasteiger partial charge in [0.1, 0.15) is 5.75 Å². The van der Waals surface area contributed by atoms with Gasteiger partial charge in [-0.3, -0.25) is 9.59 Å². The highest BCUT2D eigenvalue weighted by Crippen LogP contribution is 2.49. The molecular formula is C22H24O6. The van der Waals surface area contributed by atoms with E-state index >= 15 is 0 Å². The van der Waals surface area contributed by atoms with Crippen molar-refractivity contribution in [1.82, 2.24) is 0 Å². The fraction of sp³-hybridized carbons (Fsp3) is 0.364. The molecule has 0 aliphatic heterocycles. The monoisotopic (exact) mass is 384 g/mol. The summed E-state index contributed by atoms with van der Waals surface area (Å²) in [6.07, 6.45) is 2.20. The van der Waals surface area contributed by atoms with Crippen LogP contribution in [-0.2, 0) is 22.4 Å². The van der Waals surface area contributed by atoms with Gasteiger partial charge in [0.15, 0.2) is 17.3 Å². The number of phenols is 1. The van der Waals surface area contributed by atoms with Crippen molar-refractivity contribution in [3.63, 3.8) is 0 Å². The molecule has 0 saturated heterocycles. The summed E-state index contributed by atoms with van der Waals surface area (Å²) in [5.74, 6) is 0.731. The number of aromatic hydroxyl groups is 1. The number of benzene rings is 2. The molecule has 3 rings (SSSR count). The quantitative estimate of drug-likeness (QED) is 0.816. The molecule has 0 heterocycles. The molecule has 1 N–H and O–H groups in total. The van der Waals surface area contributed by atoms with Gasteiger partial charge in [-0.05, 0) is 48.6 Å². The Morgan fingerprint density at radius 2 is 1.46 bits per heavy atom. The lowest BCUT2D eigenvalue weighted by molar-refractivity contribution is -0.136. The first-order valence-corrected chi connectivity index (χ1v) is 9.20. The molecule has 1 aliphatic rings. The van der Waals surface area contributed by atoms with Crippen LogP contribution in [0.3, 0.4) is 0 Å². The number of carbonyl (C=O) groups is 2. The van der Waals surface area contributed by atoms with Crippen molar-refractivity contribution in [3.8, 4) is 34.1 Å². The Bertz CT molecular complexity index is 916. The molecule has 1 aliphatic carbocycles. The molecule has 6 nitrogen and oxygen atoms in total. The Balaban J connectivity index is 2.28. The number of ketones is 2. The van der Waals surface area contributed by atoms with Crippen molar-refractivity contribution in [2.75, 3.05) is 21.3 Å². The number of carbonyl (C=O) groups excluding carboxylic acids is 2. The van der Waals surface area contributed by atoms with Gasteiger partial charge in [0.25, 0.3) is 0 Å². The van der Waals surface area contributed by atoms with E-state index in [1.807, 2.05) is 6.07 Å². The molecule has 0 radical (unpaired) electrons. The van der Waals surface area contributed by atoms with Crippen LogP contribution in [0.2, 0.25) is 0 Å². The summed E-state index contributed by atoms with van der Waals surface area (Å²) in [7, 11) is 4.63. The fourth-order valence-electron chi connectivity index (χ4n) is 3.61. The van der Waals surface area contributed by atoms with Crippen molar-refractivity contribution in [3.05, 3.63) is 35.4 Å². The number of hydrogen-bond acceptors (Lipinski definition) is 6. The predicted molar refractivity (Wildman–Crippen MR) is 104 cm³/mol. The van der Waals surface area contributed by atoms with Gasteiger partial charge >= 0.3 is 0 Å². The first-order valence-electron chi connectivity index (χ1n) is 9.20. The molecule has 2 aromatic carbocycles. The maximum absolute atomic E-state index is 12.2. The van der Waals surface area contributed by atoms with Gasteiger partial charge in [0.2, 0.25) is 11.5 Å². The number of fused-ring (bicyclic) bond motifs is 5. The van der Waals surface area contributed by atoms with E-state index in [2.05, 4.69) is 0 Å². The number of rotatable bonds is 3. The first kappa shape index (κ1) is 19.7. The smallest absolute Gasteiger partial charge is 0.204 e. The normalized spacial score (nSPS) is 14.5. The molecule has 6 heteroatoms. The van der Waals surface area contributed by atoms with E-state index in [1.54, 1.807) is 19.2 Å². The van der Waals surface area contributed by atoms with Crippen LogP contribution in [0.5, 0.6) is 23.0 Å². The predicted octanol–water partition coefficient (Wildman–Crippen LogP) is 3.49. The zero-order valence-electron chi connectivity index (χ0n) is 16.3. The van der Waals surface area contributed by atoms with Crippen LogP contribution in [0, 0.1) is 0 Å². The van der Waals surface area contributed by atoms with E-state index < -0.39 is 5.78 Å². The molecule has 0 aromatic heterocycles. The summed E-state index contributed by atoms with van der Waals surface area (Å²) in [4.78, 5) is 24.4. The lowest BCUT2D eigenvalue weighted by atomic mass is 9.95. The number of phenolic OH excluding ortho intramolecular Hbond substituents is 1. The zero-order valence-corrected chi connectivity index (χ0v) is 16.3. The summed E-state index contributed by atoms with van der Waals surface area (Å²) in [5, 5.41) is 10.5. The topological polar surface area (TPSA) is 82.1 Å². The van der Waals surface area contributed by atoms with Crippen LogP contribution < -0.4 is 14.2 Å². The highest BCUT2D eigenvalue weighted by molar-refractivity contribution is 6.37. The van der Waals surface area contributed by atoms with Crippen molar-refractivity contribution in [1.29, 1.82) is 0 Å². The molecule has 0 atom stereocenters. The minimum atomic E-state index is -0.412. The maximum atomic E-state index is 12.2. The summed E-state index contributed by atoms with van der Waals surface area (Å²) in [5.41, 5.74) is 2.70. The molecule has 28 heavy (non-hydrogen) atoms. The lowest BCUT2D eigenvalue weighted by Gasteiger charge is -2.20. The van der Waals surface area contributed by atoms with E-state index in [1.165, 1.54) is 20.3 Å². The Kier molecular flexibility index (Phi) is 5.87. The van der Waals surface area contributed by atoms with Crippen LogP contribution >= 0.6 is 0 Å². The average molecular weight is 384 g/mol. The molecular weight excluding hydrogens is 360 g/mol. The van der Waals surface area contributed by atoms with Crippen LogP contribution in [0.4, 0.5) is 0 Å². The van der Waals surface area contributed by atoms with E-state index in [0.29, 0.717) is 53.2 Å². The molecule has 2 aromatic rings. The average Bonchev–Trinajstić information content (AvgIpc) is 2.70. The minimum absolute atomic E-state index is 0.00851. The first-order chi connectivity index (χ1) is 13.5. The molecule has 0 unspecified atom stereocenters. The molecule has 148 valence electrons. The number of hydrogen-bond donors (Lipinski definition) is 1. The van der Waals surface area contributed by atoms with E-state index in [4.69, 9.17) is 14.2 Å². The number of aryl methyl sites for hydroxylation is 1. The molecule has 4 bridgehead atoms. The SMILES string of the molecule is COc1c2cc(c(OC)c1OC)-c1cc(ccc1O)CC(=O)C(=O)CCCC2. The summed E-state index contributed by atoms with van der Waals surface area (Å²) in [6.45, 7) is 0.